The number of nitrogens with two attached hydrogens (primary N) is 1. The summed E-state index contributed by atoms with van der Waals surface area (Å²) >= 11 is 2.17. The summed E-state index contributed by atoms with van der Waals surface area (Å²) in [6, 6.07) is 10.6. The number of benzene rings is 1. The average Bonchev–Trinajstić information content (AvgIpc) is 3.15. The second-order valence-electron chi connectivity index (χ2n) is 5.54. The molecule has 1 amide bonds. The standard InChI is InChI=1S/C17H16N4O3S3/c1-11-4-2-5-12(8-11)20-14(22)10-26-17-19-9-13(16(18)21-17)27(23,24)15-6-3-7-25-15/h2-9H,10H2,1H3,(H,20,22)(H2,18,19,21). The lowest BCUT2D eigenvalue weighted by atomic mass is 10.2. The number of anilines is 2. The van der Waals surface area contributed by atoms with E-state index in [-0.39, 0.29) is 31.7 Å². The van der Waals surface area contributed by atoms with Crippen LogP contribution in [0.25, 0.3) is 0 Å². The lowest BCUT2D eigenvalue weighted by molar-refractivity contribution is -0.113. The third kappa shape index (κ3) is 4.65. The van der Waals surface area contributed by atoms with E-state index in [0.29, 0.717) is 5.69 Å². The number of rotatable bonds is 6. The molecule has 0 aliphatic heterocycles. The number of thiophene rings is 1. The summed E-state index contributed by atoms with van der Waals surface area (Å²) in [5.74, 6) is -0.284. The van der Waals surface area contributed by atoms with Gasteiger partial charge in [-0.2, -0.15) is 0 Å². The molecule has 0 saturated heterocycles. The van der Waals surface area contributed by atoms with Crippen molar-refractivity contribution in [2.75, 3.05) is 16.8 Å². The summed E-state index contributed by atoms with van der Waals surface area (Å²) in [6.45, 7) is 1.94. The molecule has 0 spiro atoms. The molecular formula is C17H16N4O3S3. The molecule has 3 rings (SSSR count). The first kappa shape index (κ1) is 19.3. The van der Waals surface area contributed by atoms with Gasteiger partial charge in [-0.15, -0.1) is 11.3 Å². The van der Waals surface area contributed by atoms with E-state index in [1.165, 1.54) is 12.3 Å². The van der Waals surface area contributed by atoms with E-state index in [4.69, 9.17) is 5.73 Å². The van der Waals surface area contributed by atoms with E-state index in [9.17, 15) is 13.2 Å². The Morgan fingerprint density at radius 2 is 2.11 bits per heavy atom. The van der Waals surface area contributed by atoms with Crippen LogP contribution in [0.1, 0.15) is 5.56 Å². The Morgan fingerprint density at radius 3 is 2.78 bits per heavy atom. The summed E-state index contributed by atoms with van der Waals surface area (Å²) in [6.07, 6.45) is 1.18. The highest BCUT2D eigenvalue weighted by Crippen LogP contribution is 2.28. The predicted octanol–water partition coefficient (Wildman–Crippen LogP) is 2.99. The van der Waals surface area contributed by atoms with Gasteiger partial charge < -0.3 is 11.1 Å². The highest BCUT2D eigenvalue weighted by molar-refractivity contribution is 7.99. The molecule has 0 saturated carbocycles. The SMILES string of the molecule is Cc1cccc(NC(=O)CSc2ncc(S(=O)(=O)c3cccs3)c(N)n2)c1. The van der Waals surface area contributed by atoms with Crippen molar-refractivity contribution in [3.63, 3.8) is 0 Å². The highest BCUT2D eigenvalue weighted by atomic mass is 32.2. The molecule has 0 aliphatic rings. The zero-order valence-corrected chi connectivity index (χ0v) is 16.7. The van der Waals surface area contributed by atoms with E-state index in [1.807, 2.05) is 25.1 Å². The Hall–Kier alpha value is -2.43. The molecule has 27 heavy (non-hydrogen) atoms. The summed E-state index contributed by atoms with van der Waals surface area (Å²) < 4.78 is 25.2. The Kier molecular flexibility index (Phi) is 5.78. The molecule has 10 heteroatoms. The maximum atomic E-state index is 12.5. The number of nitrogens with one attached hydrogen (secondary N) is 1. The first-order valence-electron chi connectivity index (χ1n) is 7.76. The van der Waals surface area contributed by atoms with Gasteiger partial charge in [0, 0.05) is 5.69 Å². The van der Waals surface area contributed by atoms with Crippen molar-refractivity contribution in [3.8, 4) is 0 Å². The second kappa shape index (κ2) is 8.07. The number of aryl methyl sites for hydroxylation is 1. The number of amides is 1. The molecule has 1 aromatic carbocycles. The molecule has 3 aromatic rings. The van der Waals surface area contributed by atoms with E-state index >= 15 is 0 Å². The second-order valence-corrected chi connectivity index (χ2v) is 9.58. The summed E-state index contributed by atoms with van der Waals surface area (Å²) in [5.41, 5.74) is 7.57. The molecule has 140 valence electrons. The van der Waals surface area contributed by atoms with E-state index in [2.05, 4.69) is 15.3 Å². The van der Waals surface area contributed by atoms with E-state index in [0.717, 1.165) is 28.7 Å². The third-order valence-electron chi connectivity index (χ3n) is 3.44. The summed E-state index contributed by atoms with van der Waals surface area (Å²) in [7, 11) is -3.74. The largest absolute Gasteiger partial charge is 0.382 e. The number of carbonyl (C=O) groups excluding carboxylic acids is 1. The normalized spacial score (nSPS) is 11.3. The number of nitrogens with zero attached hydrogens (tertiary/aromatic N) is 2. The smallest absolute Gasteiger partial charge is 0.234 e. The molecule has 0 fully saturated rings. The van der Waals surface area contributed by atoms with Crippen LogP contribution >= 0.6 is 23.1 Å². The van der Waals surface area contributed by atoms with Gasteiger partial charge >= 0.3 is 0 Å². The number of hydrogen-bond acceptors (Lipinski definition) is 8. The minimum atomic E-state index is -3.74. The van der Waals surface area contributed by atoms with Crippen LogP contribution in [0.5, 0.6) is 0 Å². The van der Waals surface area contributed by atoms with Gasteiger partial charge in [-0.1, -0.05) is 30.0 Å². The molecule has 2 heterocycles. The third-order valence-corrected chi connectivity index (χ3v) is 7.47. The number of hydrogen-bond donors (Lipinski definition) is 2. The fourth-order valence-electron chi connectivity index (χ4n) is 2.22. The highest BCUT2D eigenvalue weighted by Gasteiger charge is 2.23. The molecule has 3 N–H and O–H groups in total. The van der Waals surface area contributed by atoms with Crippen LogP contribution in [0, 0.1) is 6.92 Å². The quantitative estimate of drug-likeness (QED) is 0.465. The van der Waals surface area contributed by atoms with Crippen molar-refractivity contribution in [1.82, 2.24) is 9.97 Å². The van der Waals surface area contributed by atoms with Crippen LogP contribution in [-0.4, -0.2) is 30.0 Å². The Labute approximate surface area is 165 Å². The molecule has 0 atom stereocenters. The van der Waals surface area contributed by atoms with Gasteiger partial charge in [-0.3, -0.25) is 4.79 Å². The fraction of sp³-hybridized carbons (Fsp3) is 0.118. The molecule has 0 radical (unpaired) electrons. The molecule has 0 bridgehead atoms. The van der Waals surface area contributed by atoms with E-state index < -0.39 is 9.84 Å². The predicted molar refractivity (Wildman–Crippen MR) is 107 cm³/mol. The average molecular weight is 421 g/mol. The van der Waals surface area contributed by atoms with Crippen LogP contribution in [0.3, 0.4) is 0 Å². The number of carbonyl (C=O) groups is 1. The zero-order valence-electron chi connectivity index (χ0n) is 14.2. The fourth-order valence-corrected chi connectivity index (χ4v) is 5.22. The number of thioether (sulfide) groups is 1. The molecular weight excluding hydrogens is 404 g/mol. The Balaban J connectivity index is 1.67. The van der Waals surface area contributed by atoms with Crippen molar-refractivity contribution < 1.29 is 13.2 Å². The van der Waals surface area contributed by atoms with Gasteiger partial charge in [0.05, 0.1) is 11.9 Å². The van der Waals surface area contributed by atoms with Crippen molar-refractivity contribution >= 4 is 50.3 Å². The topological polar surface area (TPSA) is 115 Å². The number of nitrogen functional groups attached to an aromatic ring is 1. The van der Waals surface area contributed by atoms with Crippen molar-refractivity contribution in [1.29, 1.82) is 0 Å². The van der Waals surface area contributed by atoms with Crippen molar-refractivity contribution in [2.24, 2.45) is 0 Å². The zero-order chi connectivity index (χ0) is 19.4. The molecule has 0 aliphatic carbocycles. The molecule has 7 nitrogen and oxygen atoms in total. The minimum Gasteiger partial charge on any atom is -0.382 e. The van der Waals surface area contributed by atoms with Crippen molar-refractivity contribution in [3.05, 3.63) is 53.5 Å². The van der Waals surface area contributed by atoms with Gasteiger partial charge in [-0.05, 0) is 36.1 Å². The maximum Gasteiger partial charge on any atom is 0.234 e. The molecule has 0 unspecified atom stereocenters. The summed E-state index contributed by atoms with van der Waals surface area (Å²) in [5, 5.41) is 4.68. The van der Waals surface area contributed by atoms with Crippen molar-refractivity contribution in [2.45, 2.75) is 21.2 Å². The number of aromatic nitrogens is 2. The molecule has 2 aromatic heterocycles. The van der Waals surface area contributed by atoms with Crippen LogP contribution in [0.15, 0.2) is 62.2 Å². The van der Waals surface area contributed by atoms with Crippen LogP contribution < -0.4 is 11.1 Å². The van der Waals surface area contributed by atoms with Gasteiger partial charge in [0.25, 0.3) is 0 Å². The summed E-state index contributed by atoms with van der Waals surface area (Å²) in [4.78, 5) is 20.0. The van der Waals surface area contributed by atoms with Gasteiger partial charge in [-0.25, -0.2) is 18.4 Å². The Morgan fingerprint density at radius 1 is 1.30 bits per heavy atom. The van der Waals surface area contributed by atoms with Gasteiger partial charge in [0.2, 0.25) is 15.7 Å². The van der Waals surface area contributed by atoms with Gasteiger partial charge in [0.1, 0.15) is 14.9 Å². The van der Waals surface area contributed by atoms with Crippen LogP contribution in [0.2, 0.25) is 0 Å². The minimum absolute atomic E-state index is 0.0738. The van der Waals surface area contributed by atoms with E-state index in [1.54, 1.807) is 17.5 Å². The first-order chi connectivity index (χ1) is 12.9. The number of sulfone groups is 1. The van der Waals surface area contributed by atoms with Gasteiger partial charge in [0.15, 0.2) is 5.16 Å². The Bertz CT molecular complexity index is 1070. The lowest BCUT2D eigenvalue weighted by Crippen LogP contribution is -2.14. The maximum absolute atomic E-state index is 12.5. The monoisotopic (exact) mass is 420 g/mol. The van der Waals surface area contributed by atoms with Crippen LogP contribution in [-0.2, 0) is 14.6 Å². The lowest BCUT2D eigenvalue weighted by Gasteiger charge is -2.07. The first-order valence-corrected chi connectivity index (χ1v) is 11.1. The van der Waals surface area contributed by atoms with Crippen LogP contribution in [0.4, 0.5) is 11.5 Å².